The van der Waals surface area contributed by atoms with Crippen molar-refractivity contribution in [2.45, 2.75) is 13.0 Å². The van der Waals surface area contributed by atoms with Gasteiger partial charge in [0.05, 0.1) is 24.4 Å². The monoisotopic (exact) mass is 323 g/mol. The highest BCUT2D eigenvalue weighted by Gasteiger charge is 2.12. The van der Waals surface area contributed by atoms with Crippen molar-refractivity contribution in [3.05, 3.63) is 59.7 Å². The highest BCUT2D eigenvalue weighted by Crippen LogP contribution is 2.16. The first-order valence-corrected chi connectivity index (χ1v) is 7.31. The van der Waals surface area contributed by atoms with Crippen molar-refractivity contribution in [1.82, 2.24) is 5.32 Å². The van der Waals surface area contributed by atoms with Gasteiger partial charge in [0.1, 0.15) is 12.2 Å². The number of benzene rings is 2. The Labute approximate surface area is 140 Å². The molecule has 0 atom stereocenters. The third kappa shape index (κ3) is 4.58. The molecule has 24 heavy (non-hydrogen) atoms. The Bertz CT molecular complexity index is 764. The number of rotatable bonds is 6. The topological polar surface area (TPSA) is 91.2 Å². The largest absolute Gasteiger partial charge is 0.497 e. The van der Waals surface area contributed by atoms with Gasteiger partial charge in [-0.05, 0) is 29.8 Å². The van der Waals surface area contributed by atoms with E-state index in [4.69, 9.17) is 10.00 Å². The number of methoxy groups -OCH3 is 1. The van der Waals surface area contributed by atoms with Gasteiger partial charge in [-0.3, -0.25) is 9.59 Å². The molecule has 2 amide bonds. The third-order valence-corrected chi connectivity index (χ3v) is 3.30. The molecule has 6 heteroatoms. The minimum Gasteiger partial charge on any atom is -0.497 e. The fourth-order valence-electron chi connectivity index (χ4n) is 2.08. The zero-order chi connectivity index (χ0) is 17.4. The Balaban J connectivity index is 2.03. The maximum absolute atomic E-state index is 12.3. The Morgan fingerprint density at radius 1 is 1.12 bits per heavy atom. The number of hydrogen-bond acceptors (Lipinski definition) is 4. The van der Waals surface area contributed by atoms with Crippen LogP contribution in [0.15, 0.2) is 48.5 Å². The second-order valence-electron chi connectivity index (χ2n) is 4.96. The summed E-state index contributed by atoms with van der Waals surface area (Å²) in [5, 5.41) is 13.9. The van der Waals surface area contributed by atoms with E-state index in [1.807, 2.05) is 24.3 Å². The molecule has 2 rings (SSSR count). The molecule has 6 nitrogen and oxygen atoms in total. The number of ether oxygens (including phenoxy) is 1. The van der Waals surface area contributed by atoms with Gasteiger partial charge in [0.15, 0.2) is 0 Å². The summed E-state index contributed by atoms with van der Waals surface area (Å²) in [7, 11) is 1.59. The number of hydrogen-bond donors (Lipinski definition) is 2. The van der Waals surface area contributed by atoms with Crippen molar-refractivity contribution in [3.8, 4) is 11.8 Å². The molecule has 0 radical (unpaired) electrons. The standard InChI is InChI=1S/C18H17N3O3/c1-24-14-8-6-13(7-9-14)12-20-18(23)15-4-2-3-5-16(15)21-17(22)10-11-19/h2-9H,10,12H2,1H3,(H,20,23)(H,21,22). The van der Waals surface area contributed by atoms with Crippen LogP contribution >= 0.6 is 0 Å². The van der Waals surface area contributed by atoms with Gasteiger partial charge < -0.3 is 15.4 Å². The molecule has 0 saturated carbocycles. The van der Waals surface area contributed by atoms with Crippen molar-refractivity contribution in [2.24, 2.45) is 0 Å². The second-order valence-corrected chi connectivity index (χ2v) is 4.96. The van der Waals surface area contributed by atoms with Gasteiger partial charge in [-0.15, -0.1) is 0 Å². The van der Waals surface area contributed by atoms with Crippen molar-refractivity contribution in [3.63, 3.8) is 0 Å². The van der Waals surface area contributed by atoms with E-state index in [0.29, 0.717) is 17.8 Å². The lowest BCUT2D eigenvalue weighted by Gasteiger charge is -2.11. The van der Waals surface area contributed by atoms with E-state index in [9.17, 15) is 9.59 Å². The van der Waals surface area contributed by atoms with Crippen LogP contribution < -0.4 is 15.4 Å². The van der Waals surface area contributed by atoms with Crippen LogP contribution in [0.3, 0.4) is 0 Å². The first kappa shape index (κ1) is 17.0. The molecule has 122 valence electrons. The number of carbonyl (C=O) groups is 2. The van der Waals surface area contributed by atoms with Crippen LogP contribution in [0.2, 0.25) is 0 Å². The van der Waals surface area contributed by atoms with E-state index in [1.165, 1.54) is 0 Å². The average Bonchev–Trinajstić information content (AvgIpc) is 2.60. The van der Waals surface area contributed by atoms with Gasteiger partial charge >= 0.3 is 0 Å². The van der Waals surface area contributed by atoms with Crippen LogP contribution in [0.25, 0.3) is 0 Å². The highest BCUT2D eigenvalue weighted by molar-refractivity contribution is 6.04. The summed E-state index contributed by atoms with van der Waals surface area (Å²) in [6.45, 7) is 0.350. The SMILES string of the molecule is COc1ccc(CNC(=O)c2ccccc2NC(=O)CC#N)cc1. The van der Waals surface area contributed by atoms with E-state index in [-0.39, 0.29) is 12.3 Å². The van der Waals surface area contributed by atoms with Gasteiger partial charge in [0.25, 0.3) is 5.91 Å². The van der Waals surface area contributed by atoms with Gasteiger partial charge in [-0.2, -0.15) is 5.26 Å². The fourth-order valence-corrected chi connectivity index (χ4v) is 2.08. The summed E-state index contributed by atoms with van der Waals surface area (Å²) in [5.74, 6) is -0.0118. The smallest absolute Gasteiger partial charge is 0.253 e. The molecule has 0 unspecified atom stereocenters. The predicted molar refractivity (Wildman–Crippen MR) is 89.5 cm³/mol. The zero-order valence-electron chi connectivity index (χ0n) is 13.2. The molecule has 2 N–H and O–H groups in total. The van der Waals surface area contributed by atoms with Crippen LogP contribution in [0, 0.1) is 11.3 Å². The molecule has 0 aromatic heterocycles. The van der Waals surface area contributed by atoms with E-state index in [2.05, 4.69) is 10.6 Å². The molecule has 2 aromatic carbocycles. The van der Waals surface area contributed by atoms with E-state index < -0.39 is 5.91 Å². The second kappa shape index (κ2) is 8.34. The van der Waals surface area contributed by atoms with Crippen molar-refractivity contribution in [1.29, 1.82) is 5.26 Å². The molecule has 0 saturated heterocycles. The van der Waals surface area contributed by atoms with E-state index >= 15 is 0 Å². The summed E-state index contributed by atoms with van der Waals surface area (Å²) in [4.78, 5) is 23.9. The van der Waals surface area contributed by atoms with Gasteiger partial charge in [-0.1, -0.05) is 24.3 Å². The molecular formula is C18H17N3O3. The predicted octanol–water partition coefficient (Wildman–Crippen LogP) is 2.48. The Morgan fingerprint density at radius 3 is 2.50 bits per heavy atom. The zero-order valence-corrected chi connectivity index (χ0v) is 13.2. The molecule has 0 aliphatic heterocycles. The van der Waals surface area contributed by atoms with Crippen LogP contribution in [0.5, 0.6) is 5.75 Å². The van der Waals surface area contributed by atoms with Crippen LogP contribution in [0.1, 0.15) is 22.3 Å². The van der Waals surface area contributed by atoms with Gasteiger partial charge in [0, 0.05) is 6.54 Å². The van der Waals surface area contributed by atoms with Crippen molar-refractivity contribution < 1.29 is 14.3 Å². The Hall–Kier alpha value is -3.33. The Morgan fingerprint density at radius 2 is 1.83 bits per heavy atom. The maximum atomic E-state index is 12.3. The van der Waals surface area contributed by atoms with Crippen LogP contribution in [-0.4, -0.2) is 18.9 Å². The molecule has 0 bridgehead atoms. The molecule has 2 aromatic rings. The van der Waals surface area contributed by atoms with Crippen molar-refractivity contribution >= 4 is 17.5 Å². The molecule has 0 fully saturated rings. The van der Waals surface area contributed by atoms with E-state index in [1.54, 1.807) is 37.4 Å². The molecule has 0 aliphatic carbocycles. The lowest BCUT2D eigenvalue weighted by molar-refractivity contribution is -0.115. The number of nitrogens with zero attached hydrogens (tertiary/aromatic N) is 1. The summed E-state index contributed by atoms with van der Waals surface area (Å²) in [6.07, 6.45) is -0.262. The number of amides is 2. The highest BCUT2D eigenvalue weighted by atomic mass is 16.5. The fraction of sp³-hybridized carbons (Fsp3) is 0.167. The minimum atomic E-state index is -0.451. The van der Waals surface area contributed by atoms with Crippen molar-refractivity contribution in [2.75, 3.05) is 12.4 Å². The number of carbonyl (C=O) groups excluding carboxylic acids is 2. The first-order valence-electron chi connectivity index (χ1n) is 7.31. The van der Waals surface area contributed by atoms with Gasteiger partial charge in [-0.25, -0.2) is 0 Å². The molecule has 0 aliphatic rings. The summed E-state index contributed by atoms with van der Waals surface area (Å²) < 4.78 is 5.09. The summed E-state index contributed by atoms with van der Waals surface area (Å²) >= 11 is 0. The van der Waals surface area contributed by atoms with Crippen LogP contribution in [0.4, 0.5) is 5.69 Å². The molecule has 0 spiro atoms. The lowest BCUT2D eigenvalue weighted by atomic mass is 10.1. The van der Waals surface area contributed by atoms with Crippen LogP contribution in [-0.2, 0) is 11.3 Å². The average molecular weight is 323 g/mol. The Kier molecular flexibility index (Phi) is 5.92. The number of nitriles is 1. The minimum absolute atomic E-state index is 0.262. The first-order chi connectivity index (χ1) is 11.6. The molecular weight excluding hydrogens is 306 g/mol. The number of nitrogens with one attached hydrogen (secondary N) is 2. The number of para-hydroxylation sites is 1. The van der Waals surface area contributed by atoms with Gasteiger partial charge in [0.2, 0.25) is 5.91 Å². The molecule has 0 heterocycles. The lowest BCUT2D eigenvalue weighted by Crippen LogP contribution is -2.24. The summed E-state index contributed by atoms with van der Waals surface area (Å²) in [5.41, 5.74) is 1.65. The number of anilines is 1. The van der Waals surface area contributed by atoms with E-state index in [0.717, 1.165) is 11.3 Å². The summed E-state index contributed by atoms with van der Waals surface area (Å²) in [6, 6.07) is 15.8. The third-order valence-electron chi connectivity index (χ3n) is 3.30. The quantitative estimate of drug-likeness (QED) is 0.854. The maximum Gasteiger partial charge on any atom is 0.253 e. The normalized spacial score (nSPS) is 9.67.